The minimum Gasteiger partial charge on any atom is -0.348 e. The summed E-state index contributed by atoms with van der Waals surface area (Å²) in [6, 6.07) is 5.99. The van der Waals surface area contributed by atoms with E-state index < -0.39 is 0 Å². The predicted octanol–water partition coefficient (Wildman–Crippen LogP) is 3.08. The molecule has 1 aliphatic heterocycles. The van der Waals surface area contributed by atoms with Crippen LogP contribution in [-0.2, 0) is 11.2 Å². The van der Waals surface area contributed by atoms with Gasteiger partial charge in [-0.25, -0.2) is 0 Å². The highest BCUT2D eigenvalue weighted by Crippen LogP contribution is 2.17. The van der Waals surface area contributed by atoms with Crippen molar-refractivity contribution in [2.75, 3.05) is 13.1 Å². The van der Waals surface area contributed by atoms with Crippen molar-refractivity contribution in [3.05, 3.63) is 44.3 Å². The van der Waals surface area contributed by atoms with Gasteiger partial charge < -0.3 is 10.2 Å². The molecule has 0 saturated carbocycles. The van der Waals surface area contributed by atoms with Gasteiger partial charge in [0.1, 0.15) is 0 Å². The molecule has 23 heavy (non-hydrogen) atoms. The normalized spacial score (nSPS) is 15.6. The summed E-state index contributed by atoms with van der Waals surface area (Å²) < 4.78 is 0. The number of nitrogens with one attached hydrogen (secondary N) is 1. The van der Waals surface area contributed by atoms with Crippen LogP contribution in [0.3, 0.4) is 0 Å². The maximum Gasteiger partial charge on any atom is 0.261 e. The van der Waals surface area contributed by atoms with Gasteiger partial charge in [0.2, 0.25) is 5.91 Å². The average molecular weight is 348 g/mol. The summed E-state index contributed by atoms with van der Waals surface area (Å²) >= 11 is 3.13. The highest BCUT2D eigenvalue weighted by atomic mass is 32.1. The summed E-state index contributed by atoms with van der Waals surface area (Å²) in [5, 5.41) is 7.11. The summed E-state index contributed by atoms with van der Waals surface area (Å²) in [5.41, 5.74) is 1.09. The minimum absolute atomic E-state index is 0.00569. The summed E-state index contributed by atoms with van der Waals surface area (Å²) in [5.74, 6) is 0.188. The number of hydrogen-bond donors (Lipinski definition) is 1. The van der Waals surface area contributed by atoms with Crippen LogP contribution in [0, 0.1) is 6.92 Å². The lowest BCUT2D eigenvalue weighted by Crippen LogP contribution is -2.46. The molecule has 0 atom stereocenters. The van der Waals surface area contributed by atoms with E-state index in [1.165, 1.54) is 11.3 Å². The van der Waals surface area contributed by atoms with Crippen LogP contribution >= 0.6 is 22.7 Å². The van der Waals surface area contributed by atoms with Crippen LogP contribution in [0.25, 0.3) is 0 Å². The third kappa shape index (κ3) is 4.20. The smallest absolute Gasteiger partial charge is 0.261 e. The monoisotopic (exact) mass is 348 g/mol. The van der Waals surface area contributed by atoms with Crippen molar-refractivity contribution in [3.8, 4) is 0 Å². The molecule has 0 bridgehead atoms. The van der Waals surface area contributed by atoms with Gasteiger partial charge in [0.15, 0.2) is 0 Å². The largest absolute Gasteiger partial charge is 0.348 e. The number of likely N-dealkylation sites (tertiary alicyclic amines) is 1. The van der Waals surface area contributed by atoms with Gasteiger partial charge in [0, 0.05) is 24.0 Å². The van der Waals surface area contributed by atoms with E-state index in [-0.39, 0.29) is 17.9 Å². The first kappa shape index (κ1) is 16.2. The molecule has 1 saturated heterocycles. The average Bonchev–Trinajstić information content (AvgIpc) is 3.19. The fourth-order valence-corrected chi connectivity index (χ4v) is 4.21. The molecule has 6 heteroatoms. The molecule has 122 valence electrons. The Labute approximate surface area is 144 Å². The quantitative estimate of drug-likeness (QED) is 0.923. The zero-order valence-corrected chi connectivity index (χ0v) is 14.7. The van der Waals surface area contributed by atoms with Crippen molar-refractivity contribution in [2.45, 2.75) is 32.2 Å². The fourth-order valence-electron chi connectivity index (χ4n) is 2.77. The Morgan fingerprint density at radius 2 is 2.04 bits per heavy atom. The van der Waals surface area contributed by atoms with Crippen LogP contribution in [0.2, 0.25) is 0 Å². The van der Waals surface area contributed by atoms with Gasteiger partial charge in [0.05, 0.1) is 11.3 Å². The number of rotatable bonds is 4. The molecule has 0 unspecified atom stereocenters. The van der Waals surface area contributed by atoms with Crippen molar-refractivity contribution in [3.63, 3.8) is 0 Å². The fraction of sp³-hybridized carbons (Fsp3) is 0.412. The lowest BCUT2D eigenvalue weighted by molar-refractivity contribution is -0.131. The van der Waals surface area contributed by atoms with Crippen molar-refractivity contribution in [2.24, 2.45) is 0 Å². The summed E-state index contributed by atoms with van der Waals surface area (Å²) in [6.07, 6.45) is 2.13. The molecule has 1 fully saturated rings. The number of amides is 2. The first-order valence-corrected chi connectivity index (χ1v) is 9.54. The molecule has 2 aromatic heterocycles. The van der Waals surface area contributed by atoms with Crippen LogP contribution in [-0.4, -0.2) is 35.8 Å². The highest BCUT2D eigenvalue weighted by molar-refractivity contribution is 7.13. The first-order chi connectivity index (χ1) is 11.1. The standard InChI is InChI=1S/C17H20N2O2S2/c1-12-2-3-15(23-12)17(21)18-14-4-7-19(8-5-14)16(20)10-13-6-9-22-11-13/h2-3,6,9,11,14H,4-5,7-8,10H2,1H3,(H,18,21). The second-order valence-corrected chi connectivity index (χ2v) is 7.92. The number of carbonyl (C=O) groups excluding carboxylic acids is 2. The second-order valence-electron chi connectivity index (χ2n) is 5.85. The van der Waals surface area contributed by atoms with Gasteiger partial charge in [-0.2, -0.15) is 11.3 Å². The zero-order chi connectivity index (χ0) is 16.2. The molecule has 0 radical (unpaired) electrons. The Morgan fingerprint density at radius 3 is 2.65 bits per heavy atom. The molecular weight excluding hydrogens is 328 g/mol. The third-order valence-corrected chi connectivity index (χ3v) is 5.81. The number of carbonyl (C=O) groups is 2. The van der Waals surface area contributed by atoms with Gasteiger partial charge in [-0.1, -0.05) is 0 Å². The van der Waals surface area contributed by atoms with Crippen LogP contribution < -0.4 is 5.32 Å². The second kappa shape index (κ2) is 7.27. The lowest BCUT2D eigenvalue weighted by Gasteiger charge is -2.32. The molecule has 0 spiro atoms. The van der Waals surface area contributed by atoms with E-state index in [2.05, 4.69) is 5.32 Å². The molecular formula is C17H20N2O2S2. The van der Waals surface area contributed by atoms with E-state index in [0.29, 0.717) is 6.42 Å². The SMILES string of the molecule is Cc1ccc(C(=O)NC2CCN(C(=O)Cc3ccsc3)CC2)s1. The molecule has 1 aliphatic rings. The molecule has 2 amide bonds. The van der Waals surface area contributed by atoms with Crippen LogP contribution in [0.15, 0.2) is 29.0 Å². The Bertz CT molecular complexity index is 671. The maximum atomic E-state index is 12.3. The van der Waals surface area contributed by atoms with E-state index in [1.807, 2.05) is 40.8 Å². The minimum atomic E-state index is 0.00569. The predicted molar refractivity (Wildman–Crippen MR) is 94.1 cm³/mol. The van der Waals surface area contributed by atoms with Gasteiger partial charge in [-0.05, 0) is 54.3 Å². The van der Waals surface area contributed by atoms with E-state index in [1.54, 1.807) is 11.3 Å². The van der Waals surface area contributed by atoms with Gasteiger partial charge >= 0.3 is 0 Å². The van der Waals surface area contributed by atoms with Crippen LogP contribution in [0.5, 0.6) is 0 Å². The molecule has 1 N–H and O–H groups in total. The molecule has 0 aliphatic carbocycles. The molecule has 0 aromatic carbocycles. The van der Waals surface area contributed by atoms with E-state index in [9.17, 15) is 9.59 Å². The van der Waals surface area contributed by atoms with Crippen LogP contribution in [0.1, 0.15) is 33.0 Å². The molecule has 4 nitrogen and oxygen atoms in total. The van der Waals surface area contributed by atoms with Crippen molar-refractivity contribution in [1.82, 2.24) is 10.2 Å². The number of thiophene rings is 2. The summed E-state index contributed by atoms with van der Waals surface area (Å²) in [7, 11) is 0. The molecule has 3 rings (SSSR count). The zero-order valence-electron chi connectivity index (χ0n) is 13.1. The van der Waals surface area contributed by atoms with E-state index in [0.717, 1.165) is 41.2 Å². The third-order valence-electron chi connectivity index (χ3n) is 4.08. The number of piperidine rings is 1. The van der Waals surface area contributed by atoms with E-state index >= 15 is 0 Å². The Kier molecular flexibility index (Phi) is 5.13. The summed E-state index contributed by atoms with van der Waals surface area (Å²) in [6.45, 7) is 3.44. The Hall–Kier alpha value is -1.66. The van der Waals surface area contributed by atoms with Crippen molar-refractivity contribution >= 4 is 34.5 Å². The van der Waals surface area contributed by atoms with Gasteiger partial charge in [0.25, 0.3) is 5.91 Å². The number of aryl methyl sites for hydroxylation is 1. The van der Waals surface area contributed by atoms with Crippen LogP contribution in [0.4, 0.5) is 0 Å². The van der Waals surface area contributed by atoms with Crippen molar-refractivity contribution in [1.29, 1.82) is 0 Å². The highest BCUT2D eigenvalue weighted by Gasteiger charge is 2.24. The van der Waals surface area contributed by atoms with Crippen molar-refractivity contribution < 1.29 is 9.59 Å². The van der Waals surface area contributed by atoms with Gasteiger partial charge in [-0.15, -0.1) is 11.3 Å². The maximum absolute atomic E-state index is 12.3. The molecule has 3 heterocycles. The summed E-state index contributed by atoms with van der Waals surface area (Å²) in [4.78, 5) is 28.3. The first-order valence-electron chi connectivity index (χ1n) is 7.78. The number of hydrogen-bond acceptors (Lipinski definition) is 4. The topological polar surface area (TPSA) is 49.4 Å². The Balaban J connectivity index is 1.46. The number of nitrogens with zero attached hydrogens (tertiary/aromatic N) is 1. The van der Waals surface area contributed by atoms with Gasteiger partial charge in [-0.3, -0.25) is 9.59 Å². The molecule has 2 aromatic rings. The Morgan fingerprint density at radius 1 is 1.26 bits per heavy atom. The lowest BCUT2D eigenvalue weighted by atomic mass is 10.0. The van der Waals surface area contributed by atoms with E-state index in [4.69, 9.17) is 0 Å².